The van der Waals surface area contributed by atoms with E-state index in [0.29, 0.717) is 17.9 Å². The van der Waals surface area contributed by atoms with Gasteiger partial charge in [0.1, 0.15) is 0 Å². The smallest absolute Gasteiger partial charge is 0.179 e. The molecule has 116 valence electrons. The highest BCUT2D eigenvalue weighted by molar-refractivity contribution is 7.91. The third-order valence-corrected chi connectivity index (χ3v) is 5.55. The summed E-state index contributed by atoms with van der Waals surface area (Å²) in [5, 5.41) is 11.9. The van der Waals surface area contributed by atoms with E-state index in [2.05, 4.69) is 5.32 Å². The maximum Gasteiger partial charge on any atom is 0.179 e. The Morgan fingerprint density at radius 3 is 2.76 bits per heavy atom. The van der Waals surface area contributed by atoms with E-state index in [1.54, 1.807) is 18.4 Å². The molecule has 5 nitrogen and oxygen atoms in total. The quantitative estimate of drug-likeness (QED) is 0.771. The summed E-state index contributed by atoms with van der Waals surface area (Å²) in [5.41, 5.74) is 0.336. The van der Waals surface area contributed by atoms with E-state index in [0.717, 1.165) is 6.42 Å². The Bertz CT molecular complexity index is 636. The van der Waals surface area contributed by atoms with Gasteiger partial charge in [-0.2, -0.15) is 5.26 Å². The molecule has 0 aliphatic carbocycles. The molecule has 1 N–H and O–H groups in total. The van der Waals surface area contributed by atoms with E-state index in [9.17, 15) is 12.6 Å². The second-order valence-corrected chi connectivity index (χ2v) is 8.54. The molecule has 1 rings (SSSR count). The van der Waals surface area contributed by atoms with E-state index < -0.39 is 20.6 Å². The molecular weight excluding hydrogens is 308 g/mol. The molecule has 0 amide bonds. The van der Waals surface area contributed by atoms with Gasteiger partial charge in [-0.15, -0.1) is 0 Å². The molecule has 0 aliphatic heterocycles. The van der Waals surface area contributed by atoms with Crippen molar-refractivity contribution in [3.05, 3.63) is 29.8 Å². The normalized spacial score (nSPS) is 14.3. The first-order chi connectivity index (χ1) is 9.85. The van der Waals surface area contributed by atoms with E-state index >= 15 is 0 Å². The Morgan fingerprint density at radius 2 is 2.14 bits per heavy atom. The molecule has 0 radical (unpaired) electrons. The average Bonchev–Trinajstić information content (AvgIpc) is 2.45. The number of hydrogen-bond donors (Lipinski definition) is 1. The zero-order valence-electron chi connectivity index (χ0n) is 12.2. The van der Waals surface area contributed by atoms with Crippen LogP contribution in [0.25, 0.3) is 0 Å². The SMILES string of the molecule is CC(CCS(C)=O)NCCS(=O)(=O)c1cccc(C#N)c1. The van der Waals surface area contributed by atoms with E-state index in [-0.39, 0.29) is 16.7 Å². The van der Waals surface area contributed by atoms with Gasteiger partial charge in [0.25, 0.3) is 0 Å². The highest BCUT2D eigenvalue weighted by atomic mass is 32.2. The number of hydrogen-bond acceptors (Lipinski definition) is 5. The molecule has 2 unspecified atom stereocenters. The van der Waals surface area contributed by atoms with Gasteiger partial charge in [-0.25, -0.2) is 8.42 Å². The van der Waals surface area contributed by atoms with E-state index in [1.807, 2.05) is 13.0 Å². The first-order valence-electron chi connectivity index (χ1n) is 6.61. The first kappa shape index (κ1) is 17.8. The number of rotatable bonds is 8. The summed E-state index contributed by atoms with van der Waals surface area (Å²) in [6.45, 7) is 2.27. The molecule has 1 aromatic rings. The minimum absolute atomic E-state index is 0.0264. The van der Waals surface area contributed by atoms with Gasteiger partial charge in [0.15, 0.2) is 9.84 Å². The fraction of sp³-hybridized carbons (Fsp3) is 0.500. The molecule has 1 aromatic carbocycles. The van der Waals surface area contributed by atoms with Crippen molar-refractivity contribution in [2.75, 3.05) is 24.3 Å². The maximum atomic E-state index is 12.1. The van der Waals surface area contributed by atoms with Crippen LogP contribution in [0.15, 0.2) is 29.2 Å². The Labute approximate surface area is 128 Å². The van der Waals surface area contributed by atoms with Crippen molar-refractivity contribution >= 4 is 20.6 Å². The molecule has 7 heteroatoms. The van der Waals surface area contributed by atoms with Crippen molar-refractivity contribution in [1.82, 2.24) is 5.32 Å². The van der Waals surface area contributed by atoms with Crippen LogP contribution >= 0.6 is 0 Å². The summed E-state index contributed by atoms with van der Waals surface area (Å²) in [7, 11) is -4.22. The Hall–Kier alpha value is -1.23. The third-order valence-electron chi connectivity index (χ3n) is 3.02. The van der Waals surface area contributed by atoms with Crippen LogP contribution in [0.5, 0.6) is 0 Å². The molecule has 0 aromatic heterocycles. The second kappa shape index (κ2) is 8.27. The van der Waals surface area contributed by atoms with Crippen LogP contribution < -0.4 is 5.32 Å². The molecular formula is C14H20N2O3S2. The highest BCUT2D eigenvalue weighted by Gasteiger charge is 2.15. The Kier molecular flexibility index (Phi) is 7.02. The molecule has 0 fully saturated rings. The lowest BCUT2D eigenvalue weighted by Gasteiger charge is -2.13. The summed E-state index contributed by atoms with van der Waals surface area (Å²) >= 11 is 0. The van der Waals surface area contributed by atoms with Crippen LogP contribution in [0.1, 0.15) is 18.9 Å². The molecule has 0 saturated carbocycles. The lowest BCUT2D eigenvalue weighted by molar-refractivity contribution is 0.545. The zero-order chi connectivity index (χ0) is 15.9. The highest BCUT2D eigenvalue weighted by Crippen LogP contribution is 2.12. The first-order valence-corrected chi connectivity index (χ1v) is 9.99. The topological polar surface area (TPSA) is 87.0 Å². The van der Waals surface area contributed by atoms with Crippen LogP contribution in [0.4, 0.5) is 0 Å². The standard InChI is InChI=1S/C14H20N2O3S2/c1-12(6-8-20(2)17)16-7-9-21(18,19)14-5-3-4-13(10-14)11-15/h3-5,10,12,16H,6-9H2,1-2H3. The summed E-state index contributed by atoms with van der Waals surface area (Å²) in [5.74, 6) is 0.576. The molecule has 0 bridgehead atoms. The number of benzene rings is 1. The van der Waals surface area contributed by atoms with Gasteiger partial charge in [0, 0.05) is 35.4 Å². The molecule has 21 heavy (non-hydrogen) atoms. The summed E-state index contributed by atoms with van der Waals surface area (Å²) in [6.07, 6.45) is 2.40. The van der Waals surface area contributed by atoms with Gasteiger partial charge >= 0.3 is 0 Å². The Balaban J connectivity index is 2.53. The van der Waals surface area contributed by atoms with E-state index in [4.69, 9.17) is 5.26 Å². The van der Waals surface area contributed by atoms with Crippen LogP contribution in [-0.2, 0) is 20.6 Å². The number of nitriles is 1. The van der Waals surface area contributed by atoms with Gasteiger partial charge < -0.3 is 5.32 Å². The van der Waals surface area contributed by atoms with Crippen molar-refractivity contribution in [2.24, 2.45) is 0 Å². The second-order valence-electron chi connectivity index (χ2n) is 4.88. The Morgan fingerprint density at radius 1 is 1.43 bits per heavy atom. The van der Waals surface area contributed by atoms with Crippen LogP contribution in [0, 0.1) is 11.3 Å². The summed E-state index contributed by atoms with van der Waals surface area (Å²) in [4.78, 5) is 0.172. The van der Waals surface area contributed by atoms with Gasteiger partial charge in [-0.3, -0.25) is 4.21 Å². The fourth-order valence-electron chi connectivity index (χ4n) is 1.76. The van der Waals surface area contributed by atoms with Crippen molar-refractivity contribution in [3.63, 3.8) is 0 Å². The van der Waals surface area contributed by atoms with Crippen LogP contribution in [-0.4, -0.2) is 43.0 Å². The minimum Gasteiger partial charge on any atom is -0.313 e. The van der Waals surface area contributed by atoms with Crippen molar-refractivity contribution < 1.29 is 12.6 Å². The lowest BCUT2D eigenvalue weighted by atomic mass is 10.2. The van der Waals surface area contributed by atoms with Crippen LogP contribution in [0.3, 0.4) is 0 Å². The molecule has 2 atom stereocenters. The number of sulfone groups is 1. The van der Waals surface area contributed by atoms with Crippen LogP contribution in [0.2, 0.25) is 0 Å². The number of nitrogens with zero attached hydrogens (tertiary/aromatic N) is 1. The number of nitrogens with one attached hydrogen (secondary N) is 1. The molecule has 0 aliphatic rings. The van der Waals surface area contributed by atoms with Crippen molar-refractivity contribution in [2.45, 2.75) is 24.3 Å². The lowest BCUT2D eigenvalue weighted by Crippen LogP contribution is -2.32. The molecule has 0 saturated heterocycles. The fourth-order valence-corrected chi connectivity index (χ4v) is 3.66. The predicted molar refractivity (Wildman–Crippen MR) is 84.2 cm³/mol. The van der Waals surface area contributed by atoms with Crippen molar-refractivity contribution in [1.29, 1.82) is 5.26 Å². The largest absolute Gasteiger partial charge is 0.313 e. The summed E-state index contributed by atoms with van der Waals surface area (Å²) in [6, 6.07) is 8.08. The van der Waals surface area contributed by atoms with Gasteiger partial charge in [-0.1, -0.05) is 6.07 Å². The monoisotopic (exact) mass is 328 g/mol. The average molecular weight is 328 g/mol. The molecule has 0 heterocycles. The van der Waals surface area contributed by atoms with Crippen molar-refractivity contribution in [3.8, 4) is 6.07 Å². The predicted octanol–water partition coefficient (Wildman–Crippen LogP) is 1.08. The summed E-state index contributed by atoms with van der Waals surface area (Å²) < 4.78 is 35.3. The third kappa shape index (κ3) is 6.38. The van der Waals surface area contributed by atoms with Gasteiger partial charge in [-0.05, 0) is 31.5 Å². The van der Waals surface area contributed by atoms with Gasteiger partial charge in [0.05, 0.1) is 22.3 Å². The minimum atomic E-state index is -3.39. The maximum absolute atomic E-state index is 12.1. The zero-order valence-corrected chi connectivity index (χ0v) is 13.8. The molecule has 0 spiro atoms. The van der Waals surface area contributed by atoms with Gasteiger partial charge in [0.2, 0.25) is 0 Å². The van der Waals surface area contributed by atoms with E-state index in [1.165, 1.54) is 12.1 Å².